The van der Waals surface area contributed by atoms with Crippen molar-refractivity contribution in [3.8, 4) is 11.5 Å². The fourth-order valence-electron chi connectivity index (χ4n) is 5.05. The molecule has 1 aromatic heterocycles. The molecule has 2 aliphatic rings. The molecule has 2 atom stereocenters. The van der Waals surface area contributed by atoms with Gasteiger partial charge in [-0.05, 0) is 62.6 Å². The Labute approximate surface area is 243 Å². The molecule has 41 heavy (non-hydrogen) atoms. The molecule has 0 aliphatic carbocycles. The number of ether oxygens (including phenoxy) is 2. The van der Waals surface area contributed by atoms with Crippen LogP contribution in [0.4, 0.5) is 5.13 Å². The first-order chi connectivity index (χ1) is 19.7. The van der Waals surface area contributed by atoms with Crippen LogP contribution in [0.2, 0.25) is 0 Å². The van der Waals surface area contributed by atoms with Gasteiger partial charge in [0, 0.05) is 32.2 Å². The summed E-state index contributed by atoms with van der Waals surface area (Å²) in [4.78, 5) is 48.0. The van der Waals surface area contributed by atoms with Gasteiger partial charge in [-0.3, -0.25) is 14.4 Å². The number of likely N-dealkylation sites (N-methyl/N-ethyl adjacent to an activating group) is 1. The maximum atomic E-state index is 13.5. The monoisotopic (exact) mass is 577 g/mol. The van der Waals surface area contributed by atoms with Crippen LogP contribution in [0.25, 0.3) is 0 Å². The fourth-order valence-corrected chi connectivity index (χ4v) is 6.05. The van der Waals surface area contributed by atoms with Gasteiger partial charge in [-0.2, -0.15) is 0 Å². The molecule has 3 amide bonds. The van der Waals surface area contributed by atoms with E-state index in [4.69, 9.17) is 9.47 Å². The molecule has 0 saturated carbocycles. The number of nitrogens with zero attached hydrogens (tertiary/aromatic N) is 3. The highest BCUT2D eigenvalue weighted by Gasteiger charge is 2.35. The van der Waals surface area contributed by atoms with Crippen molar-refractivity contribution in [2.24, 2.45) is 0 Å². The molecule has 0 spiro atoms. The van der Waals surface area contributed by atoms with E-state index in [9.17, 15) is 14.4 Å². The first kappa shape index (κ1) is 28.6. The van der Waals surface area contributed by atoms with Crippen molar-refractivity contribution in [1.82, 2.24) is 20.1 Å². The van der Waals surface area contributed by atoms with Crippen LogP contribution in [0.15, 0.2) is 42.5 Å². The molecule has 2 aromatic carbocycles. The van der Waals surface area contributed by atoms with Gasteiger partial charge in [-0.1, -0.05) is 29.5 Å². The van der Waals surface area contributed by atoms with E-state index >= 15 is 0 Å². The Bertz CT molecular complexity index is 1460. The number of carbonyl (C=O) groups is 3. The smallest absolute Gasteiger partial charge is 0.265 e. The Balaban J connectivity index is 1.40. The Kier molecular flexibility index (Phi) is 8.55. The lowest BCUT2D eigenvalue weighted by molar-refractivity contribution is -0.124. The standard InChI is InChI=1S/C30H35N5O5S/c1-5-31-30-32-19(3)27(41-30)29(38)35-12-11-24-23(15-35)33-26(36)16-34(4)28(37)21-10-9-18(2)25(14-21)40-22-8-6-7-20(13-22)17-39-24/h6-10,13-14,23-24H,5,11-12,15-17H2,1-4H3,(H,31,32)(H,33,36)/t23-,24+/m0/s1. The van der Waals surface area contributed by atoms with Gasteiger partial charge in [0.15, 0.2) is 5.13 Å². The van der Waals surface area contributed by atoms with Gasteiger partial charge < -0.3 is 29.9 Å². The molecule has 216 valence electrons. The van der Waals surface area contributed by atoms with Crippen molar-refractivity contribution in [1.29, 1.82) is 0 Å². The third-order valence-electron chi connectivity index (χ3n) is 7.25. The van der Waals surface area contributed by atoms with E-state index in [1.54, 1.807) is 24.1 Å². The molecule has 10 nitrogen and oxygen atoms in total. The van der Waals surface area contributed by atoms with E-state index in [0.29, 0.717) is 58.9 Å². The third-order valence-corrected chi connectivity index (χ3v) is 8.36. The van der Waals surface area contributed by atoms with Crippen molar-refractivity contribution in [2.45, 2.75) is 45.9 Å². The number of aryl methyl sites for hydroxylation is 2. The summed E-state index contributed by atoms with van der Waals surface area (Å²) >= 11 is 1.34. The van der Waals surface area contributed by atoms with Crippen molar-refractivity contribution in [2.75, 3.05) is 38.5 Å². The van der Waals surface area contributed by atoms with Gasteiger partial charge in [0.25, 0.3) is 11.8 Å². The van der Waals surface area contributed by atoms with E-state index in [-0.39, 0.29) is 36.9 Å². The second kappa shape index (κ2) is 12.3. The molecule has 2 N–H and O–H groups in total. The average molecular weight is 578 g/mol. The zero-order chi connectivity index (χ0) is 29.1. The van der Waals surface area contributed by atoms with Crippen molar-refractivity contribution < 1.29 is 23.9 Å². The van der Waals surface area contributed by atoms with Crippen LogP contribution < -0.4 is 15.4 Å². The minimum Gasteiger partial charge on any atom is -0.457 e. The molecule has 1 fully saturated rings. The second-order valence-corrected chi connectivity index (χ2v) is 11.4. The zero-order valence-corrected chi connectivity index (χ0v) is 24.5. The van der Waals surface area contributed by atoms with Crippen molar-refractivity contribution >= 4 is 34.2 Å². The highest BCUT2D eigenvalue weighted by atomic mass is 32.1. The average Bonchev–Trinajstić information content (AvgIpc) is 3.32. The maximum Gasteiger partial charge on any atom is 0.265 e. The molecule has 4 bridgehead atoms. The molecule has 3 heterocycles. The summed E-state index contributed by atoms with van der Waals surface area (Å²) in [5, 5.41) is 6.93. The molecular weight excluding hydrogens is 542 g/mol. The molecule has 0 radical (unpaired) electrons. The van der Waals surface area contributed by atoms with E-state index in [0.717, 1.165) is 11.1 Å². The summed E-state index contributed by atoms with van der Waals surface area (Å²) in [6.07, 6.45) is 0.222. The highest BCUT2D eigenvalue weighted by molar-refractivity contribution is 7.17. The lowest BCUT2D eigenvalue weighted by Crippen LogP contribution is -2.58. The summed E-state index contributed by atoms with van der Waals surface area (Å²) in [6, 6.07) is 12.4. The van der Waals surface area contributed by atoms with E-state index in [1.165, 1.54) is 16.2 Å². The van der Waals surface area contributed by atoms with E-state index < -0.39 is 6.04 Å². The largest absolute Gasteiger partial charge is 0.457 e. The number of aromatic nitrogens is 1. The number of rotatable bonds is 3. The number of fused-ring (bicyclic) bond motifs is 5. The van der Waals surface area contributed by atoms with Crippen LogP contribution in [0.5, 0.6) is 11.5 Å². The van der Waals surface area contributed by atoms with Gasteiger partial charge in [-0.25, -0.2) is 4.98 Å². The van der Waals surface area contributed by atoms with Crippen LogP contribution in [-0.4, -0.2) is 77.9 Å². The molecule has 2 aliphatic heterocycles. The van der Waals surface area contributed by atoms with Crippen molar-refractivity contribution in [3.63, 3.8) is 0 Å². The SMILES string of the molecule is CCNc1nc(C)c(C(=O)N2CC[C@H]3OCc4cccc(c4)Oc4cc(ccc4C)C(=O)N(C)CC(=O)N[C@H]3C2)s1. The number of benzene rings is 2. The summed E-state index contributed by atoms with van der Waals surface area (Å²) in [6.45, 7) is 7.39. The summed E-state index contributed by atoms with van der Waals surface area (Å²) in [5.41, 5.74) is 2.91. The minimum atomic E-state index is -0.455. The zero-order valence-electron chi connectivity index (χ0n) is 23.7. The Morgan fingerprint density at radius 1 is 1.20 bits per heavy atom. The number of amides is 3. The summed E-state index contributed by atoms with van der Waals surface area (Å²) in [7, 11) is 1.59. The number of nitrogens with one attached hydrogen (secondary N) is 2. The van der Waals surface area contributed by atoms with E-state index in [2.05, 4.69) is 15.6 Å². The topological polar surface area (TPSA) is 113 Å². The lowest BCUT2D eigenvalue weighted by Gasteiger charge is -2.39. The molecule has 11 heteroatoms. The lowest BCUT2D eigenvalue weighted by atomic mass is 10.0. The van der Waals surface area contributed by atoms with Gasteiger partial charge in [0.1, 0.15) is 16.4 Å². The number of anilines is 1. The summed E-state index contributed by atoms with van der Waals surface area (Å²) in [5.74, 6) is 0.480. The number of likely N-dealkylation sites (tertiary alicyclic amines) is 1. The predicted octanol–water partition coefficient (Wildman–Crippen LogP) is 3.99. The van der Waals surface area contributed by atoms with Crippen molar-refractivity contribution in [3.05, 3.63) is 69.7 Å². The summed E-state index contributed by atoms with van der Waals surface area (Å²) < 4.78 is 12.5. The van der Waals surface area contributed by atoms with Gasteiger partial charge >= 0.3 is 0 Å². The second-order valence-electron chi connectivity index (χ2n) is 10.4. The molecule has 3 aromatic rings. The number of hydrogen-bond donors (Lipinski definition) is 2. The fraction of sp³-hybridized carbons (Fsp3) is 0.400. The highest BCUT2D eigenvalue weighted by Crippen LogP contribution is 2.29. The first-order valence-corrected chi connectivity index (χ1v) is 14.6. The quantitative estimate of drug-likeness (QED) is 0.484. The number of hydrogen-bond acceptors (Lipinski definition) is 8. The number of carbonyl (C=O) groups excluding carboxylic acids is 3. The Hall–Kier alpha value is -3.96. The first-order valence-electron chi connectivity index (χ1n) is 13.8. The minimum absolute atomic E-state index is 0.115. The van der Waals surface area contributed by atoms with Crippen LogP contribution in [-0.2, 0) is 16.1 Å². The van der Waals surface area contributed by atoms with Crippen LogP contribution in [0.1, 0.15) is 50.2 Å². The Morgan fingerprint density at radius 3 is 2.83 bits per heavy atom. The molecule has 1 saturated heterocycles. The molecule has 5 rings (SSSR count). The molecular formula is C30H35N5O5S. The predicted molar refractivity (Wildman–Crippen MR) is 157 cm³/mol. The Morgan fingerprint density at radius 2 is 2.02 bits per heavy atom. The van der Waals surface area contributed by atoms with Gasteiger partial charge in [0.2, 0.25) is 5.91 Å². The van der Waals surface area contributed by atoms with Crippen LogP contribution in [0.3, 0.4) is 0 Å². The van der Waals surface area contributed by atoms with E-state index in [1.807, 2.05) is 51.1 Å². The number of thiazole rings is 1. The van der Waals surface area contributed by atoms with Gasteiger partial charge in [-0.15, -0.1) is 0 Å². The third kappa shape index (κ3) is 6.52. The van der Waals surface area contributed by atoms with Gasteiger partial charge in [0.05, 0.1) is 31.0 Å². The normalized spacial score (nSPS) is 19.7. The molecule has 0 unspecified atom stereocenters. The van der Waals surface area contributed by atoms with Crippen LogP contribution >= 0.6 is 11.3 Å². The maximum absolute atomic E-state index is 13.5. The van der Waals surface area contributed by atoms with Crippen LogP contribution in [0, 0.1) is 13.8 Å². The number of piperidine rings is 1.